The van der Waals surface area contributed by atoms with Crippen LogP contribution < -0.4 is 19.9 Å². The van der Waals surface area contributed by atoms with Crippen LogP contribution in [-0.2, 0) is 19.6 Å². The first-order chi connectivity index (χ1) is 16.7. The summed E-state index contributed by atoms with van der Waals surface area (Å²) in [6.07, 6.45) is 1.93. The van der Waals surface area contributed by atoms with Gasteiger partial charge in [-0.05, 0) is 31.9 Å². The minimum absolute atomic E-state index is 0.0389. The summed E-state index contributed by atoms with van der Waals surface area (Å²) in [5, 5.41) is 19.0. The molecule has 0 aliphatic rings. The van der Waals surface area contributed by atoms with Crippen LogP contribution in [0.15, 0.2) is 12.1 Å². The molecule has 0 fully saturated rings. The van der Waals surface area contributed by atoms with Crippen molar-refractivity contribution in [1.29, 1.82) is 10.5 Å². The summed E-state index contributed by atoms with van der Waals surface area (Å²) < 4.78 is 52.8. The number of hydrogen-bond acceptors (Lipinski definition) is 8. The predicted octanol–water partition coefficient (Wildman–Crippen LogP) is 1.47. The summed E-state index contributed by atoms with van der Waals surface area (Å²) >= 11 is 0. The van der Waals surface area contributed by atoms with Crippen LogP contribution in [0.5, 0.6) is 11.5 Å². The molecule has 0 amide bonds. The first kappa shape index (κ1) is 29.4. The SMILES string of the molecule is [C-]#[N+]/C(C#N)=c1/cc(OCCOC(C)CS(=O)(=O)O)/c(=C(\C#N)[N+]#[C-])cc1OCCOCC[CH]C. The molecule has 0 aliphatic carbocycles. The second kappa shape index (κ2) is 15.3. The Morgan fingerprint density at radius 3 is 1.97 bits per heavy atom. The van der Waals surface area contributed by atoms with Gasteiger partial charge in [-0.1, -0.05) is 6.92 Å². The zero-order valence-electron chi connectivity index (χ0n) is 19.4. The van der Waals surface area contributed by atoms with Crippen LogP contribution in [0.1, 0.15) is 20.3 Å². The van der Waals surface area contributed by atoms with Crippen molar-refractivity contribution in [3.63, 3.8) is 0 Å². The molecule has 0 aromatic heterocycles. The third-order valence-electron chi connectivity index (χ3n) is 4.25. The van der Waals surface area contributed by atoms with E-state index in [0.717, 1.165) is 6.42 Å². The van der Waals surface area contributed by atoms with E-state index in [2.05, 4.69) is 9.69 Å². The predicted molar refractivity (Wildman–Crippen MR) is 125 cm³/mol. The number of nitriles is 2. The largest absolute Gasteiger partial charge is 0.492 e. The smallest absolute Gasteiger partial charge is 0.272 e. The van der Waals surface area contributed by atoms with E-state index in [1.807, 2.05) is 13.3 Å². The quantitative estimate of drug-likeness (QED) is 0.227. The van der Waals surface area contributed by atoms with Crippen molar-refractivity contribution in [3.8, 4) is 23.6 Å². The Hall–Kier alpha value is -3.65. The summed E-state index contributed by atoms with van der Waals surface area (Å²) in [7, 11) is -4.20. The van der Waals surface area contributed by atoms with Crippen LogP contribution in [0.25, 0.3) is 21.1 Å². The Balaban J connectivity index is 3.28. The van der Waals surface area contributed by atoms with Gasteiger partial charge in [0.25, 0.3) is 21.5 Å². The second-order valence-electron chi connectivity index (χ2n) is 6.93. The van der Waals surface area contributed by atoms with E-state index in [0.29, 0.717) is 6.61 Å². The molecule has 0 aliphatic heterocycles. The van der Waals surface area contributed by atoms with Gasteiger partial charge in [0.15, 0.2) is 0 Å². The van der Waals surface area contributed by atoms with E-state index in [4.69, 9.17) is 36.6 Å². The van der Waals surface area contributed by atoms with Gasteiger partial charge < -0.3 is 18.9 Å². The zero-order chi connectivity index (χ0) is 26.3. The van der Waals surface area contributed by atoms with Gasteiger partial charge >= 0.3 is 0 Å². The van der Waals surface area contributed by atoms with Gasteiger partial charge in [0, 0.05) is 17.0 Å². The summed E-state index contributed by atoms with van der Waals surface area (Å²) in [6.45, 7) is 18.6. The van der Waals surface area contributed by atoms with Gasteiger partial charge in [-0.25, -0.2) is 20.2 Å². The minimum atomic E-state index is -4.20. The first-order valence-electron chi connectivity index (χ1n) is 10.4. The summed E-state index contributed by atoms with van der Waals surface area (Å²) in [4.78, 5) is 6.42. The average Bonchev–Trinajstić information content (AvgIpc) is 2.81. The summed E-state index contributed by atoms with van der Waals surface area (Å²) in [5.74, 6) is -0.443. The van der Waals surface area contributed by atoms with Crippen molar-refractivity contribution in [3.05, 3.63) is 51.8 Å². The molecule has 0 bridgehead atoms. The molecule has 1 aromatic carbocycles. The van der Waals surface area contributed by atoms with Crippen molar-refractivity contribution in [2.24, 2.45) is 0 Å². The number of rotatable bonds is 14. The van der Waals surface area contributed by atoms with Crippen LogP contribution >= 0.6 is 0 Å². The first-order valence-corrected chi connectivity index (χ1v) is 12.0. The molecule has 11 nitrogen and oxygen atoms in total. The normalized spacial score (nSPS) is 13.3. The summed E-state index contributed by atoms with van der Waals surface area (Å²) in [6, 6.07) is 6.25. The van der Waals surface area contributed by atoms with E-state index in [-0.39, 0.29) is 59.8 Å². The van der Waals surface area contributed by atoms with Crippen molar-refractivity contribution < 1.29 is 31.9 Å². The van der Waals surface area contributed by atoms with Crippen LogP contribution in [0.4, 0.5) is 0 Å². The molecule has 185 valence electrons. The van der Waals surface area contributed by atoms with E-state index >= 15 is 0 Å². The molecule has 0 saturated carbocycles. The lowest BCUT2D eigenvalue weighted by molar-refractivity contribution is 0.0559. The van der Waals surface area contributed by atoms with Gasteiger partial charge in [0.05, 0.1) is 44.6 Å². The highest BCUT2D eigenvalue weighted by Crippen LogP contribution is 2.13. The lowest BCUT2D eigenvalue weighted by atomic mass is 10.1. The summed E-state index contributed by atoms with van der Waals surface area (Å²) in [5.41, 5.74) is -0.578. The molecule has 1 N–H and O–H groups in total. The maximum Gasteiger partial charge on any atom is 0.272 e. The third-order valence-corrected chi connectivity index (χ3v) is 5.14. The highest BCUT2D eigenvalue weighted by Gasteiger charge is 2.14. The highest BCUT2D eigenvalue weighted by molar-refractivity contribution is 7.85. The van der Waals surface area contributed by atoms with Gasteiger partial charge in [0.2, 0.25) is 0 Å². The van der Waals surface area contributed by atoms with Crippen molar-refractivity contribution in [2.45, 2.75) is 26.4 Å². The van der Waals surface area contributed by atoms with Gasteiger partial charge in [-0.2, -0.15) is 8.42 Å². The van der Waals surface area contributed by atoms with Crippen LogP contribution in [0.2, 0.25) is 0 Å². The zero-order valence-corrected chi connectivity index (χ0v) is 20.2. The number of ether oxygens (including phenoxy) is 4. The maximum absolute atomic E-state index is 10.9. The molecule has 12 heteroatoms. The van der Waals surface area contributed by atoms with Gasteiger partial charge in [-0.3, -0.25) is 4.55 Å². The molecule has 1 atom stereocenters. The molecule has 0 saturated heterocycles. The third kappa shape index (κ3) is 10.4. The minimum Gasteiger partial charge on any atom is -0.492 e. The Kier molecular flexibility index (Phi) is 12.8. The van der Waals surface area contributed by atoms with Crippen molar-refractivity contribution >= 4 is 21.5 Å². The standard InChI is InChI=1S/C23H25N4O7S/c1-5-6-7-31-8-9-33-22-12-19(21(15-25)27-4)23(13-18(22)20(14-24)26-3)34-11-10-32-17(2)16-35(28,29)30/h5,12-13,17H,6-11,16H2,1-2H3,(H,28,29,30)/b20-18-,21-19+. The Labute approximate surface area is 204 Å². The highest BCUT2D eigenvalue weighted by atomic mass is 32.2. The van der Waals surface area contributed by atoms with Crippen LogP contribution in [-0.4, -0.2) is 57.9 Å². The Morgan fingerprint density at radius 2 is 1.54 bits per heavy atom. The lowest BCUT2D eigenvalue weighted by Crippen LogP contribution is -2.24. The fraction of sp³-hybridized carbons (Fsp3) is 0.435. The lowest BCUT2D eigenvalue weighted by Gasteiger charge is -2.14. The fourth-order valence-electron chi connectivity index (χ4n) is 2.72. The van der Waals surface area contributed by atoms with Crippen molar-refractivity contribution in [2.75, 3.05) is 38.8 Å². The molecular formula is C23H25N4O7S. The van der Waals surface area contributed by atoms with Gasteiger partial charge in [0.1, 0.15) is 30.5 Å². The molecule has 35 heavy (non-hydrogen) atoms. The van der Waals surface area contributed by atoms with E-state index in [1.54, 1.807) is 12.1 Å². The number of benzene rings is 1. The van der Waals surface area contributed by atoms with Crippen molar-refractivity contribution in [1.82, 2.24) is 0 Å². The second-order valence-corrected chi connectivity index (χ2v) is 8.42. The fourth-order valence-corrected chi connectivity index (χ4v) is 3.41. The van der Waals surface area contributed by atoms with E-state index in [9.17, 15) is 18.9 Å². The molecular weight excluding hydrogens is 476 g/mol. The molecule has 0 spiro atoms. The molecule has 1 aromatic rings. The molecule has 1 radical (unpaired) electrons. The van der Waals surface area contributed by atoms with Crippen LogP contribution in [0, 0.1) is 42.2 Å². The van der Waals surface area contributed by atoms with Gasteiger partial charge in [-0.15, -0.1) is 0 Å². The topological polar surface area (TPSA) is 148 Å². The number of unbranched alkanes of at least 4 members (excludes halogenated alkanes) is 1. The van der Waals surface area contributed by atoms with E-state index < -0.39 is 22.0 Å². The monoisotopic (exact) mass is 501 g/mol. The van der Waals surface area contributed by atoms with Crippen LogP contribution in [0.3, 0.4) is 0 Å². The Bertz CT molecular complexity index is 1230. The molecule has 1 unspecified atom stereocenters. The number of hydrogen-bond donors (Lipinski definition) is 1. The average molecular weight is 502 g/mol. The molecule has 1 rings (SSSR count). The molecule has 0 heterocycles. The maximum atomic E-state index is 10.9. The Morgan fingerprint density at radius 1 is 1.03 bits per heavy atom. The number of nitrogens with zero attached hydrogens (tertiary/aromatic N) is 4. The van der Waals surface area contributed by atoms with E-state index in [1.165, 1.54) is 19.1 Å².